The van der Waals surface area contributed by atoms with Gasteiger partial charge in [-0.3, -0.25) is 0 Å². The van der Waals surface area contributed by atoms with Crippen molar-refractivity contribution in [2.75, 3.05) is 5.32 Å². The minimum absolute atomic E-state index is 0.801. The number of nitrogens with zero attached hydrogens (tertiary/aromatic N) is 2. The summed E-state index contributed by atoms with van der Waals surface area (Å²) in [4.78, 5) is 9.79. The molecule has 0 saturated heterocycles. The Morgan fingerprint density at radius 3 is 2.81 bits per heavy atom. The monoisotopic (exact) mass is 297 g/mol. The summed E-state index contributed by atoms with van der Waals surface area (Å²) in [6, 6.07) is 3.97. The molecule has 16 heavy (non-hydrogen) atoms. The predicted molar refractivity (Wildman–Crippen MR) is 70.9 cm³/mol. The summed E-state index contributed by atoms with van der Waals surface area (Å²) in [5.41, 5.74) is 2.06. The standard InChI is InChI=1S/C11H12BrN3S/c1-7-10(3-4-11(12)15-7)14-6-9-5-13-8(2)16-9/h3-5,14H,6H2,1-2H3. The lowest BCUT2D eigenvalue weighted by atomic mass is 10.3. The first-order valence-corrected chi connectivity index (χ1v) is 6.54. The summed E-state index contributed by atoms with van der Waals surface area (Å²) in [5, 5.41) is 4.46. The van der Waals surface area contributed by atoms with Crippen LogP contribution in [0.3, 0.4) is 0 Å². The molecule has 2 heterocycles. The first-order valence-electron chi connectivity index (χ1n) is 4.93. The maximum absolute atomic E-state index is 4.33. The fourth-order valence-corrected chi connectivity index (χ4v) is 2.52. The Kier molecular flexibility index (Phi) is 3.56. The number of pyridine rings is 1. The molecule has 0 unspecified atom stereocenters. The van der Waals surface area contributed by atoms with E-state index < -0.39 is 0 Å². The highest BCUT2D eigenvalue weighted by molar-refractivity contribution is 9.10. The Balaban J connectivity index is 2.04. The SMILES string of the molecule is Cc1ncc(CNc2ccc(Br)nc2C)s1. The molecule has 3 nitrogen and oxygen atoms in total. The minimum Gasteiger partial charge on any atom is -0.379 e. The molecule has 2 aromatic rings. The van der Waals surface area contributed by atoms with Crippen LogP contribution in [-0.2, 0) is 6.54 Å². The van der Waals surface area contributed by atoms with Crippen molar-refractivity contribution in [1.82, 2.24) is 9.97 Å². The molecule has 0 radical (unpaired) electrons. The van der Waals surface area contributed by atoms with Gasteiger partial charge in [0.1, 0.15) is 4.60 Å². The van der Waals surface area contributed by atoms with Crippen molar-refractivity contribution in [3.05, 3.63) is 38.5 Å². The van der Waals surface area contributed by atoms with Gasteiger partial charge in [-0.1, -0.05) is 0 Å². The zero-order valence-electron chi connectivity index (χ0n) is 9.12. The van der Waals surface area contributed by atoms with Crippen LogP contribution in [0.4, 0.5) is 5.69 Å². The molecule has 0 bridgehead atoms. The van der Waals surface area contributed by atoms with Gasteiger partial charge in [0, 0.05) is 11.1 Å². The average Bonchev–Trinajstić information content (AvgIpc) is 2.63. The van der Waals surface area contributed by atoms with Crippen LogP contribution in [0.1, 0.15) is 15.6 Å². The topological polar surface area (TPSA) is 37.8 Å². The summed E-state index contributed by atoms with van der Waals surface area (Å²) in [7, 11) is 0. The van der Waals surface area contributed by atoms with Crippen molar-refractivity contribution in [2.24, 2.45) is 0 Å². The second kappa shape index (κ2) is 4.93. The second-order valence-electron chi connectivity index (χ2n) is 3.47. The van der Waals surface area contributed by atoms with Crippen molar-refractivity contribution < 1.29 is 0 Å². The van der Waals surface area contributed by atoms with Gasteiger partial charge in [0.05, 0.1) is 22.9 Å². The van der Waals surface area contributed by atoms with Gasteiger partial charge in [0.15, 0.2) is 0 Å². The number of aromatic nitrogens is 2. The number of hydrogen-bond donors (Lipinski definition) is 1. The summed E-state index contributed by atoms with van der Waals surface area (Å²) in [5.74, 6) is 0. The number of thiazole rings is 1. The molecular formula is C11H12BrN3S. The molecule has 0 aliphatic carbocycles. The van der Waals surface area contributed by atoms with Crippen molar-refractivity contribution in [1.29, 1.82) is 0 Å². The van der Waals surface area contributed by atoms with E-state index in [1.165, 1.54) is 4.88 Å². The lowest BCUT2D eigenvalue weighted by Crippen LogP contribution is -2.00. The summed E-state index contributed by atoms with van der Waals surface area (Å²) in [6.45, 7) is 4.81. The van der Waals surface area contributed by atoms with Crippen LogP contribution in [0.5, 0.6) is 0 Å². The molecule has 0 amide bonds. The van der Waals surface area contributed by atoms with Crippen molar-refractivity contribution in [3.63, 3.8) is 0 Å². The Hall–Kier alpha value is -0.940. The number of nitrogens with one attached hydrogen (secondary N) is 1. The van der Waals surface area contributed by atoms with Crippen LogP contribution in [0, 0.1) is 13.8 Å². The lowest BCUT2D eigenvalue weighted by molar-refractivity contribution is 1.11. The molecule has 84 valence electrons. The Labute approximate surface area is 107 Å². The number of hydrogen-bond acceptors (Lipinski definition) is 4. The van der Waals surface area contributed by atoms with Gasteiger partial charge in [-0.25, -0.2) is 9.97 Å². The molecule has 2 aromatic heterocycles. The highest BCUT2D eigenvalue weighted by Gasteiger charge is 2.02. The molecule has 5 heteroatoms. The maximum atomic E-state index is 4.33. The number of aryl methyl sites for hydroxylation is 2. The second-order valence-corrected chi connectivity index (χ2v) is 5.60. The summed E-state index contributed by atoms with van der Waals surface area (Å²) < 4.78 is 0.865. The van der Waals surface area contributed by atoms with Crippen LogP contribution >= 0.6 is 27.3 Å². The van der Waals surface area contributed by atoms with E-state index in [1.807, 2.05) is 32.2 Å². The van der Waals surface area contributed by atoms with E-state index >= 15 is 0 Å². The zero-order chi connectivity index (χ0) is 11.5. The first kappa shape index (κ1) is 11.5. The first-order chi connectivity index (χ1) is 7.65. The van der Waals surface area contributed by atoms with E-state index in [0.717, 1.165) is 27.5 Å². The molecule has 0 atom stereocenters. The maximum Gasteiger partial charge on any atom is 0.106 e. The van der Waals surface area contributed by atoms with Gasteiger partial charge in [-0.2, -0.15) is 0 Å². The van der Waals surface area contributed by atoms with Gasteiger partial charge < -0.3 is 5.32 Å². The highest BCUT2D eigenvalue weighted by atomic mass is 79.9. The van der Waals surface area contributed by atoms with Crippen molar-refractivity contribution in [2.45, 2.75) is 20.4 Å². The third-order valence-corrected chi connectivity index (χ3v) is 3.53. The lowest BCUT2D eigenvalue weighted by Gasteiger charge is -2.07. The average molecular weight is 298 g/mol. The zero-order valence-corrected chi connectivity index (χ0v) is 11.5. The van der Waals surface area contributed by atoms with E-state index in [-0.39, 0.29) is 0 Å². The highest BCUT2D eigenvalue weighted by Crippen LogP contribution is 2.18. The van der Waals surface area contributed by atoms with Crippen molar-refractivity contribution in [3.8, 4) is 0 Å². The van der Waals surface area contributed by atoms with E-state index in [1.54, 1.807) is 11.3 Å². The normalized spacial score (nSPS) is 10.4. The largest absolute Gasteiger partial charge is 0.379 e. The predicted octanol–water partition coefficient (Wildman–Crippen LogP) is 3.53. The third kappa shape index (κ3) is 2.80. The molecule has 0 fully saturated rings. The molecule has 0 aromatic carbocycles. The Bertz CT molecular complexity index is 496. The van der Waals surface area contributed by atoms with Crippen LogP contribution in [0.25, 0.3) is 0 Å². The number of halogens is 1. The van der Waals surface area contributed by atoms with E-state index in [0.29, 0.717) is 0 Å². The van der Waals surface area contributed by atoms with Gasteiger partial charge in [0.2, 0.25) is 0 Å². The fourth-order valence-electron chi connectivity index (χ4n) is 1.39. The minimum atomic E-state index is 0.801. The Morgan fingerprint density at radius 1 is 1.38 bits per heavy atom. The fraction of sp³-hybridized carbons (Fsp3) is 0.273. The molecule has 0 aliphatic heterocycles. The molecule has 0 aliphatic rings. The summed E-state index contributed by atoms with van der Waals surface area (Å²) >= 11 is 5.06. The molecule has 0 saturated carbocycles. The van der Waals surface area contributed by atoms with E-state index in [4.69, 9.17) is 0 Å². The third-order valence-electron chi connectivity index (χ3n) is 2.17. The van der Waals surface area contributed by atoms with Crippen molar-refractivity contribution >= 4 is 33.0 Å². The Morgan fingerprint density at radius 2 is 2.19 bits per heavy atom. The number of anilines is 1. The van der Waals surface area contributed by atoms with Crippen LogP contribution in [-0.4, -0.2) is 9.97 Å². The van der Waals surface area contributed by atoms with Gasteiger partial charge >= 0.3 is 0 Å². The van der Waals surface area contributed by atoms with Crippen LogP contribution in [0.2, 0.25) is 0 Å². The van der Waals surface area contributed by atoms with E-state index in [2.05, 4.69) is 31.2 Å². The van der Waals surface area contributed by atoms with Gasteiger partial charge in [-0.15, -0.1) is 11.3 Å². The molecular weight excluding hydrogens is 286 g/mol. The smallest absolute Gasteiger partial charge is 0.106 e. The van der Waals surface area contributed by atoms with Crippen LogP contribution < -0.4 is 5.32 Å². The molecule has 0 spiro atoms. The molecule has 1 N–H and O–H groups in total. The number of rotatable bonds is 3. The quantitative estimate of drug-likeness (QED) is 0.881. The van der Waals surface area contributed by atoms with Crippen LogP contribution in [0.15, 0.2) is 22.9 Å². The van der Waals surface area contributed by atoms with Gasteiger partial charge in [-0.05, 0) is 41.9 Å². The summed E-state index contributed by atoms with van der Waals surface area (Å²) in [6.07, 6.45) is 1.91. The van der Waals surface area contributed by atoms with Gasteiger partial charge in [0.25, 0.3) is 0 Å². The van der Waals surface area contributed by atoms with E-state index in [9.17, 15) is 0 Å². The molecule has 2 rings (SSSR count).